The molecule has 3 heteroatoms. The van der Waals surface area contributed by atoms with Crippen molar-refractivity contribution in [3.63, 3.8) is 0 Å². The highest BCUT2D eigenvalue weighted by Crippen LogP contribution is 2.25. The number of thiol groups is 1. The molecule has 0 amide bonds. The Morgan fingerprint density at radius 2 is 1.92 bits per heavy atom. The van der Waals surface area contributed by atoms with Gasteiger partial charge in [0, 0.05) is 30.1 Å². The fourth-order valence-electron chi connectivity index (χ4n) is 1.93. The van der Waals surface area contributed by atoms with E-state index in [0.29, 0.717) is 0 Å². The fourth-order valence-corrected chi connectivity index (χ4v) is 3.43. The summed E-state index contributed by atoms with van der Waals surface area (Å²) in [5.74, 6) is 1.73. The summed E-state index contributed by atoms with van der Waals surface area (Å²) >= 11 is 6.45. The van der Waals surface area contributed by atoms with Gasteiger partial charge in [-0.2, -0.15) is 24.4 Å². The fraction of sp³-hybridized carbons (Fsp3) is 1.00. The predicted molar refractivity (Wildman–Crippen MR) is 66.0 cm³/mol. The zero-order valence-electron chi connectivity index (χ0n) is 8.86. The van der Waals surface area contributed by atoms with Crippen LogP contribution >= 0.6 is 24.4 Å². The van der Waals surface area contributed by atoms with Crippen molar-refractivity contribution in [3.8, 4) is 0 Å². The van der Waals surface area contributed by atoms with Crippen molar-refractivity contribution in [1.29, 1.82) is 0 Å². The molecule has 0 aliphatic carbocycles. The number of thioether (sulfide) groups is 1. The van der Waals surface area contributed by atoms with Crippen LogP contribution in [0.25, 0.3) is 0 Å². The van der Waals surface area contributed by atoms with Gasteiger partial charge in [-0.15, -0.1) is 0 Å². The lowest BCUT2D eigenvalue weighted by molar-refractivity contribution is 0.244. The zero-order chi connectivity index (χ0) is 9.84. The number of hydrogen-bond donors (Lipinski definition) is 1. The summed E-state index contributed by atoms with van der Waals surface area (Å²) in [6.07, 6.45) is 0. The van der Waals surface area contributed by atoms with E-state index in [9.17, 15) is 0 Å². The van der Waals surface area contributed by atoms with E-state index in [1.165, 1.54) is 19.6 Å². The van der Waals surface area contributed by atoms with Gasteiger partial charge >= 0.3 is 0 Å². The molecule has 0 radical (unpaired) electrons. The number of rotatable bonds is 3. The maximum atomic E-state index is 4.33. The SMILES string of the molecule is CC(CS)CN1CC(C)SC(C)C1. The summed E-state index contributed by atoms with van der Waals surface area (Å²) in [5.41, 5.74) is 0. The highest BCUT2D eigenvalue weighted by molar-refractivity contribution is 8.00. The molecule has 1 nitrogen and oxygen atoms in total. The van der Waals surface area contributed by atoms with E-state index in [1.54, 1.807) is 0 Å². The molecular weight excluding hydrogens is 198 g/mol. The van der Waals surface area contributed by atoms with E-state index in [-0.39, 0.29) is 0 Å². The second-order valence-corrected chi connectivity index (χ2v) is 6.51. The normalized spacial score (nSPS) is 33.2. The Morgan fingerprint density at radius 1 is 1.38 bits per heavy atom. The summed E-state index contributed by atoms with van der Waals surface area (Å²) < 4.78 is 0. The van der Waals surface area contributed by atoms with Crippen LogP contribution in [0.3, 0.4) is 0 Å². The largest absolute Gasteiger partial charge is 0.301 e. The number of hydrogen-bond acceptors (Lipinski definition) is 3. The van der Waals surface area contributed by atoms with Crippen LogP contribution in [0.15, 0.2) is 0 Å². The molecule has 0 saturated carbocycles. The van der Waals surface area contributed by atoms with Crippen LogP contribution in [0.2, 0.25) is 0 Å². The van der Waals surface area contributed by atoms with Gasteiger partial charge in [0.2, 0.25) is 0 Å². The molecular formula is C10H21NS2. The molecule has 0 N–H and O–H groups in total. The van der Waals surface area contributed by atoms with Gasteiger partial charge in [-0.05, 0) is 11.7 Å². The lowest BCUT2D eigenvalue weighted by atomic mass is 10.2. The molecule has 3 atom stereocenters. The van der Waals surface area contributed by atoms with E-state index in [4.69, 9.17) is 0 Å². The first-order valence-electron chi connectivity index (χ1n) is 5.10. The van der Waals surface area contributed by atoms with E-state index in [1.807, 2.05) is 0 Å². The van der Waals surface area contributed by atoms with Gasteiger partial charge in [0.25, 0.3) is 0 Å². The van der Waals surface area contributed by atoms with Crippen molar-refractivity contribution in [2.24, 2.45) is 5.92 Å². The predicted octanol–water partition coefficient (Wildman–Crippen LogP) is 2.38. The maximum absolute atomic E-state index is 4.33. The van der Waals surface area contributed by atoms with Crippen molar-refractivity contribution >= 4 is 24.4 Å². The molecule has 13 heavy (non-hydrogen) atoms. The van der Waals surface area contributed by atoms with Gasteiger partial charge in [-0.3, -0.25) is 0 Å². The van der Waals surface area contributed by atoms with E-state index >= 15 is 0 Å². The summed E-state index contributed by atoms with van der Waals surface area (Å²) in [4.78, 5) is 2.59. The van der Waals surface area contributed by atoms with Crippen LogP contribution in [0, 0.1) is 5.92 Å². The van der Waals surface area contributed by atoms with Gasteiger partial charge in [-0.1, -0.05) is 20.8 Å². The van der Waals surface area contributed by atoms with Crippen molar-refractivity contribution in [1.82, 2.24) is 4.90 Å². The second kappa shape index (κ2) is 5.52. The Bertz CT molecular complexity index is 142. The molecule has 0 spiro atoms. The lowest BCUT2D eigenvalue weighted by Gasteiger charge is -2.35. The topological polar surface area (TPSA) is 3.24 Å². The Kier molecular flexibility index (Phi) is 4.98. The molecule has 1 heterocycles. The van der Waals surface area contributed by atoms with Crippen LogP contribution in [0.4, 0.5) is 0 Å². The molecule has 1 fully saturated rings. The average Bonchev–Trinajstić information content (AvgIpc) is 2.02. The third-order valence-electron chi connectivity index (χ3n) is 2.38. The van der Waals surface area contributed by atoms with Gasteiger partial charge in [0.1, 0.15) is 0 Å². The van der Waals surface area contributed by atoms with Crippen LogP contribution in [0.1, 0.15) is 20.8 Å². The summed E-state index contributed by atoms with van der Waals surface area (Å²) in [6.45, 7) is 10.7. The van der Waals surface area contributed by atoms with Crippen molar-refractivity contribution < 1.29 is 0 Å². The Morgan fingerprint density at radius 3 is 2.38 bits per heavy atom. The van der Waals surface area contributed by atoms with Crippen molar-refractivity contribution in [2.75, 3.05) is 25.4 Å². The molecule has 0 aromatic carbocycles. The lowest BCUT2D eigenvalue weighted by Crippen LogP contribution is -2.42. The first kappa shape index (κ1) is 11.7. The highest BCUT2D eigenvalue weighted by Gasteiger charge is 2.22. The first-order valence-corrected chi connectivity index (χ1v) is 6.68. The smallest absolute Gasteiger partial charge is 0.0149 e. The third kappa shape index (κ3) is 4.13. The number of nitrogens with zero attached hydrogens (tertiary/aromatic N) is 1. The third-order valence-corrected chi connectivity index (χ3v) is 4.23. The minimum Gasteiger partial charge on any atom is -0.301 e. The maximum Gasteiger partial charge on any atom is 0.0149 e. The van der Waals surface area contributed by atoms with Gasteiger partial charge in [0.15, 0.2) is 0 Å². The molecule has 0 bridgehead atoms. The molecule has 0 aromatic heterocycles. The van der Waals surface area contributed by atoms with E-state index in [2.05, 4.69) is 50.1 Å². The molecule has 1 rings (SSSR count). The minimum absolute atomic E-state index is 0.728. The van der Waals surface area contributed by atoms with E-state index in [0.717, 1.165) is 22.2 Å². The summed E-state index contributed by atoms with van der Waals surface area (Å²) in [6, 6.07) is 0. The van der Waals surface area contributed by atoms with Crippen LogP contribution < -0.4 is 0 Å². The van der Waals surface area contributed by atoms with Gasteiger partial charge in [-0.25, -0.2) is 0 Å². The molecule has 1 aliphatic rings. The monoisotopic (exact) mass is 219 g/mol. The molecule has 3 unspecified atom stereocenters. The van der Waals surface area contributed by atoms with Gasteiger partial charge < -0.3 is 4.90 Å². The average molecular weight is 219 g/mol. The molecule has 78 valence electrons. The van der Waals surface area contributed by atoms with Crippen molar-refractivity contribution in [2.45, 2.75) is 31.3 Å². The minimum atomic E-state index is 0.728. The van der Waals surface area contributed by atoms with Crippen molar-refractivity contribution in [3.05, 3.63) is 0 Å². The van der Waals surface area contributed by atoms with E-state index < -0.39 is 0 Å². The zero-order valence-corrected chi connectivity index (χ0v) is 10.6. The first-order chi connectivity index (χ1) is 6.11. The Balaban J connectivity index is 2.32. The molecule has 0 aromatic rings. The summed E-state index contributed by atoms with van der Waals surface area (Å²) in [5, 5.41) is 1.60. The van der Waals surface area contributed by atoms with Crippen LogP contribution in [-0.2, 0) is 0 Å². The second-order valence-electron chi connectivity index (χ2n) is 4.26. The quantitative estimate of drug-likeness (QED) is 0.726. The molecule has 1 saturated heterocycles. The van der Waals surface area contributed by atoms with Crippen LogP contribution in [-0.4, -0.2) is 40.8 Å². The molecule has 1 aliphatic heterocycles. The van der Waals surface area contributed by atoms with Gasteiger partial charge in [0.05, 0.1) is 0 Å². The van der Waals surface area contributed by atoms with Crippen LogP contribution in [0.5, 0.6) is 0 Å². The summed E-state index contributed by atoms with van der Waals surface area (Å²) in [7, 11) is 0. The standard InChI is InChI=1S/C10H21NS2/c1-8(7-12)4-11-5-9(2)13-10(3)6-11/h8-10,12H,4-7H2,1-3H3. The Labute approximate surface area is 92.1 Å². The Hall–Kier alpha value is 0.660. The highest BCUT2D eigenvalue weighted by atomic mass is 32.2.